The third-order valence-corrected chi connectivity index (χ3v) is 4.57. The molecule has 1 atom stereocenters. The quantitative estimate of drug-likeness (QED) is 0.784. The maximum Gasteiger partial charge on any atom is 0.336 e. The summed E-state index contributed by atoms with van der Waals surface area (Å²) < 4.78 is 5.26. The Balaban J connectivity index is 2.05. The number of rotatable bonds is 4. The number of thioether (sulfide) groups is 1. The van der Waals surface area contributed by atoms with E-state index in [2.05, 4.69) is 10.2 Å². The number of nitrogens with zero attached hydrogens (tertiary/aromatic N) is 1. The molecule has 5 nitrogen and oxygen atoms in total. The Kier molecular flexibility index (Phi) is 4.39. The van der Waals surface area contributed by atoms with Crippen LogP contribution in [0.4, 0.5) is 0 Å². The van der Waals surface area contributed by atoms with Gasteiger partial charge < -0.3 is 15.0 Å². The van der Waals surface area contributed by atoms with Gasteiger partial charge >= 0.3 is 5.97 Å². The van der Waals surface area contributed by atoms with E-state index < -0.39 is 0 Å². The van der Waals surface area contributed by atoms with Crippen LogP contribution >= 0.6 is 11.8 Å². The molecule has 2 aliphatic heterocycles. The van der Waals surface area contributed by atoms with Crippen molar-refractivity contribution in [3.63, 3.8) is 0 Å². The number of fused-ring (bicyclic) bond motifs is 1. The summed E-state index contributed by atoms with van der Waals surface area (Å²) in [5, 5.41) is 3.66. The molecule has 1 saturated heterocycles. The van der Waals surface area contributed by atoms with Gasteiger partial charge in [-0.05, 0) is 20.3 Å². The SMILES string of the molecule is CNC(=O)CC1CSC2=C(C(=O)OC(C)C)CCN21. The molecule has 1 N–H and O–H groups in total. The smallest absolute Gasteiger partial charge is 0.336 e. The van der Waals surface area contributed by atoms with Crippen LogP contribution in [0.3, 0.4) is 0 Å². The average Bonchev–Trinajstić information content (AvgIpc) is 2.90. The summed E-state index contributed by atoms with van der Waals surface area (Å²) in [6.45, 7) is 4.52. The van der Waals surface area contributed by atoms with Gasteiger partial charge in [0.1, 0.15) is 0 Å². The van der Waals surface area contributed by atoms with Crippen molar-refractivity contribution in [3.8, 4) is 0 Å². The molecule has 2 aliphatic rings. The van der Waals surface area contributed by atoms with Crippen LogP contribution in [0.15, 0.2) is 10.6 Å². The number of amides is 1. The molecular formula is C13H20N2O3S. The van der Waals surface area contributed by atoms with Crippen molar-refractivity contribution in [1.29, 1.82) is 0 Å². The maximum absolute atomic E-state index is 12.0. The predicted octanol–water partition coefficient (Wildman–Crippen LogP) is 1.11. The summed E-state index contributed by atoms with van der Waals surface area (Å²) in [7, 11) is 1.65. The minimum atomic E-state index is -0.208. The Bertz CT molecular complexity index is 420. The zero-order valence-electron chi connectivity index (χ0n) is 11.6. The molecule has 19 heavy (non-hydrogen) atoms. The van der Waals surface area contributed by atoms with E-state index in [0.29, 0.717) is 6.42 Å². The number of hydrogen-bond donors (Lipinski definition) is 1. The van der Waals surface area contributed by atoms with Crippen LogP contribution in [0.1, 0.15) is 26.7 Å². The first-order valence-corrected chi connectivity index (χ1v) is 7.55. The minimum absolute atomic E-state index is 0.0463. The molecular weight excluding hydrogens is 264 g/mol. The molecule has 0 saturated carbocycles. The molecule has 0 aliphatic carbocycles. The molecule has 0 bridgehead atoms. The molecule has 0 radical (unpaired) electrons. The zero-order valence-corrected chi connectivity index (χ0v) is 12.4. The van der Waals surface area contributed by atoms with Crippen LogP contribution in [0.5, 0.6) is 0 Å². The summed E-state index contributed by atoms with van der Waals surface area (Å²) in [6.07, 6.45) is 1.11. The van der Waals surface area contributed by atoms with Gasteiger partial charge in [0, 0.05) is 31.8 Å². The topological polar surface area (TPSA) is 58.6 Å². The molecule has 2 rings (SSSR count). The Labute approximate surface area is 117 Å². The van der Waals surface area contributed by atoms with Crippen LogP contribution in [0.2, 0.25) is 0 Å². The number of carbonyl (C=O) groups excluding carboxylic acids is 2. The van der Waals surface area contributed by atoms with Gasteiger partial charge in [0.25, 0.3) is 0 Å². The first-order valence-electron chi connectivity index (χ1n) is 6.57. The molecule has 0 spiro atoms. The lowest BCUT2D eigenvalue weighted by molar-refractivity contribution is -0.142. The zero-order chi connectivity index (χ0) is 14.0. The number of esters is 1. The first-order chi connectivity index (χ1) is 9.02. The van der Waals surface area contributed by atoms with Gasteiger partial charge in [-0.2, -0.15) is 0 Å². The van der Waals surface area contributed by atoms with Gasteiger partial charge in [-0.3, -0.25) is 4.79 Å². The van der Waals surface area contributed by atoms with E-state index in [1.54, 1.807) is 18.8 Å². The lowest BCUT2D eigenvalue weighted by Crippen LogP contribution is -2.33. The molecule has 1 fully saturated rings. The highest BCUT2D eigenvalue weighted by Crippen LogP contribution is 2.41. The molecule has 1 unspecified atom stereocenters. The second-order valence-corrected chi connectivity index (χ2v) is 6.03. The van der Waals surface area contributed by atoms with Crippen molar-refractivity contribution in [2.75, 3.05) is 19.3 Å². The predicted molar refractivity (Wildman–Crippen MR) is 74.5 cm³/mol. The molecule has 106 valence electrons. The number of hydrogen-bond acceptors (Lipinski definition) is 5. The third-order valence-electron chi connectivity index (χ3n) is 3.26. The largest absolute Gasteiger partial charge is 0.460 e. The highest BCUT2D eigenvalue weighted by atomic mass is 32.2. The van der Waals surface area contributed by atoms with Crippen LogP contribution in [0, 0.1) is 0 Å². The summed E-state index contributed by atoms with van der Waals surface area (Å²) in [4.78, 5) is 25.6. The Morgan fingerprint density at radius 1 is 1.53 bits per heavy atom. The monoisotopic (exact) mass is 284 g/mol. The van der Waals surface area contributed by atoms with Crippen LogP contribution in [-0.4, -0.2) is 48.3 Å². The standard InChI is InChI=1S/C13H20N2O3S/c1-8(2)18-13(17)10-4-5-15-9(6-11(16)14-3)7-19-12(10)15/h8-9H,4-7H2,1-3H3,(H,14,16). The highest BCUT2D eigenvalue weighted by molar-refractivity contribution is 8.03. The van der Waals surface area contributed by atoms with Crippen molar-refractivity contribution in [3.05, 3.63) is 10.6 Å². The van der Waals surface area contributed by atoms with Gasteiger partial charge in [-0.25, -0.2) is 4.79 Å². The van der Waals surface area contributed by atoms with E-state index in [9.17, 15) is 9.59 Å². The van der Waals surface area contributed by atoms with E-state index in [1.807, 2.05) is 13.8 Å². The van der Waals surface area contributed by atoms with E-state index in [1.165, 1.54) is 0 Å². The fraction of sp³-hybridized carbons (Fsp3) is 0.692. The number of nitrogens with one attached hydrogen (secondary N) is 1. The average molecular weight is 284 g/mol. The molecule has 0 aromatic heterocycles. The fourth-order valence-electron chi connectivity index (χ4n) is 2.36. The van der Waals surface area contributed by atoms with Gasteiger partial charge in [0.05, 0.1) is 16.7 Å². The number of carbonyl (C=O) groups is 2. The van der Waals surface area contributed by atoms with Crippen molar-refractivity contribution < 1.29 is 14.3 Å². The second-order valence-electron chi connectivity index (χ2n) is 5.02. The molecule has 6 heteroatoms. The van der Waals surface area contributed by atoms with Crippen LogP contribution in [0.25, 0.3) is 0 Å². The van der Waals surface area contributed by atoms with Crippen molar-refractivity contribution in [1.82, 2.24) is 10.2 Å². The van der Waals surface area contributed by atoms with Crippen molar-refractivity contribution in [2.45, 2.75) is 38.8 Å². The summed E-state index contributed by atoms with van der Waals surface area (Å²) in [5.41, 5.74) is 0.776. The molecule has 0 aromatic rings. The Morgan fingerprint density at radius 3 is 2.89 bits per heavy atom. The lowest BCUT2D eigenvalue weighted by Gasteiger charge is -2.21. The Morgan fingerprint density at radius 2 is 2.26 bits per heavy atom. The molecule has 0 aromatic carbocycles. The van der Waals surface area contributed by atoms with Crippen molar-refractivity contribution >= 4 is 23.6 Å². The normalized spacial score (nSPS) is 21.9. The number of ether oxygens (including phenoxy) is 1. The van der Waals surface area contributed by atoms with Crippen LogP contribution < -0.4 is 5.32 Å². The highest BCUT2D eigenvalue weighted by Gasteiger charge is 2.38. The van der Waals surface area contributed by atoms with E-state index >= 15 is 0 Å². The fourth-order valence-corrected chi connectivity index (χ4v) is 3.77. The van der Waals surface area contributed by atoms with Gasteiger partial charge in [-0.15, -0.1) is 11.8 Å². The summed E-state index contributed by atoms with van der Waals surface area (Å²) >= 11 is 1.66. The van der Waals surface area contributed by atoms with E-state index in [0.717, 1.165) is 29.3 Å². The van der Waals surface area contributed by atoms with Gasteiger partial charge in [0.2, 0.25) is 5.91 Å². The Hall–Kier alpha value is -1.17. The van der Waals surface area contributed by atoms with E-state index in [-0.39, 0.29) is 24.0 Å². The molecule has 1 amide bonds. The first kappa shape index (κ1) is 14.2. The summed E-state index contributed by atoms with van der Waals surface area (Å²) in [6, 6.07) is 0.198. The lowest BCUT2D eigenvalue weighted by atomic mass is 10.2. The minimum Gasteiger partial charge on any atom is -0.460 e. The van der Waals surface area contributed by atoms with Gasteiger partial charge in [0.15, 0.2) is 0 Å². The third kappa shape index (κ3) is 3.05. The van der Waals surface area contributed by atoms with Gasteiger partial charge in [-0.1, -0.05) is 0 Å². The maximum atomic E-state index is 12.0. The molecule has 2 heterocycles. The van der Waals surface area contributed by atoms with E-state index in [4.69, 9.17) is 4.74 Å². The van der Waals surface area contributed by atoms with Crippen molar-refractivity contribution in [2.24, 2.45) is 0 Å². The van der Waals surface area contributed by atoms with Crippen LogP contribution in [-0.2, 0) is 14.3 Å². The summed E-state index contributed by atoms with van der Waals surface area (Å²) in [5.74, 6) is 0.701. The second kappa shape index (κ2) is 5.86.